The number of benzene rings is 2. The van der Waals surface area contributed by atoms with Gasteiger partial charge in [0.1, 0.15) is 11.5 Å². The molecule has 1 heterocycles. The number of nitrogens with zero attached hydrogens (tertiary/aromatic N) is 3. The number of aromatic nitrogens is 2. The summed E-state index contributed by atoms with van der Waals surface area (Å²) < 4.78 is 0. The maximum atomic E-state index is 12.5. The lowest BCUT2D eigenvalue weighted by atomic mass is 10.2. The number of carbonyl (C=O) groups is 1. The summed E-state index contributed by atoms with van der Waals surface area (Å²) in [5, 5.41) is 3.44. The van der Waals surface area contributed by atoms with Crippen molar-refractivity contribution in [1.82, 2.24) is 9.97 Å². The van der Waals surface area contributed by atoms with Gasteiger partial charge in [0.15, 0.2) is 0 Å². The van der Waals surface area contributed by atoms with Gasteiger partial charge in [-0.1, -0.05) is 48.0 Å². The largest absolute Gasteiger partial charge is 0.349 e. The van der Waals surface area contributed by atoms with E-state index in [4.69, 9.17) is 11.6 Å². The van der Waals surface area contributed by atoms with Crippen LogP contribution >= 0.6 is 11.6 Å². The molecule has 28 heavy (non-hydrogen) atoms. The Morgan fingerprint density at radius 2 is 1.82 bits per heavy atom. The predicted octanol–water partition coefficient (Wildman–Crippen LogP) is 5.11. The van der Waals surface area contributed by atoms with E-state index in [2.05, 4.69) is 46.2 Å². The first-order valence-corrected chi connectivity index (χ1v) is 9.52. The molecule has 0 bridgehead atoms. The molecule has 0 saturated carbocycles. The number of hydrogen-bond donors (Lipinski definition) is 1. The van der Waals surface area contributed by atoms with Crippen LogP contribution in [-0.2, 0) is 6.54 Å². The summed E-state index contributed by atoms with van der Waals surface area (Å²) in [7, 11) is 0. The second-order valence-corrected chi connectivity index (χ2v) is 7.24. The number of hydrogen-bond acceptors (Lipinski definition) is 4. The normalized spacial score (nSPS) is 10.8. The molecule has 2 aromatic carbocycles. The molecule has 0 aliphatic rings. The average Bonchev–Trinajstić information content (AvgIpc) is 2.70. The van der Waals surface area contributed by atoms with Crippen molar-refractivity contribution >= 4 is 29.0 Å². The maximum Gasteiger partial charge on any atom is 0.275 e. The van der Waals surface area contributed by atoms with Gasteiger partial charge in [-0.15, -0.1) is 0 Å². The molecule has 0 saturated heterocycles. The molecule has 0 atom stereocenters. The van der Waals surface area contributed by atoms with E-state index in [-0.39, 0.29) is 17.6 Å². The Bertz CT molecular complexity index is 943. The Morgan fingerprint density at radius 3 is 2.46 bits per heavy atom. The zero-order valence-corrected chi connectivity index (χ0v) is 16.9. The van der Waals surface area contributed by atoms with Crippen molar-refractivity contribution in [2.24, 2.45) is 0 Å². The summed E-state index contributed by atoms with van der Waals surface area (Å²) in [6, 6.07) is 15.8. The Hall–Kier alpha value is -2.92. The SMILES string of the molecule is Cc1c(Cl)cccc1NC(=O)c1cnc(N(Cc2ccccc2)C(C)C)cn1. The predicted molar refractivity (Wildman–Crippen MR) is 114 cm³/mol. The molecular formula is C22H23ClN4O. The van der Waals surface area contributed by atoms with Gasteiger partial charge in [0.25, 0.3) is 5.91 Å². The third kappa shape index (κ3) is 4.67. The van der Waals surface area contributed by atoms with E-state index in [1.54, 1.807) is 24.4 Å². The number of nitrogens with one attached hydrogen (secondary N) is 1. The first-order valence-electron chi connectivity index (χ1n) is 9.15. The maximum absolute atomic E-state index is 12.5. The van der Waals surface area contributed by atoms with Gasteiger partial charge in [0.2, 0.25) is 0 Å². The minimum absolute atomic E-state index is 0.239. The molecule has 1 aromatic heterocycles. The standard InChI is InChI=1S/C22H23ClN4O/c1-15(2)27(14-17-8-5-4-6-9-17)21-13-24-20(12-25-21)22(28)26-19-11-7-10-18(23)16(19)3/h4-13,15H,14H2,1-3H3,(H,26,28). The Balaban J connectivity index is 1.75. The number of carbonyl (C=O) groups excluding carboxylic acids is 1. The highest BCUT2D eigenvalue weighted by Gasteiger charge is 2.15. The van der Waals surface area contributed by atoms with Crippen LogP contribution in [0.4, 0.5) is 11.5 Å². The molecule has 0 aliphatic heterocycles. The van der Waals surface area contributed by atoms with E-state index >= 15 is 0 Å². The lowest BCUT2D eigenvalue weighted by molar-refractivity contribution is 0.102. The molecule has 1 amide bonds. The van der Waals surface area contributed by atoms with Crippen LogP contribution in [0.25, 0.3) is 0 Å². The fraction of sp³-hybridized carbons (Fsp3) is 0.227. The van der Waals surface area contributed by atoms with Crippen LogP contribution in [0.3, 0.4) is 0 Å². The zero-order chi connectivity index (χ0) is 20.1. The van der Waals surface area contributed by atoms with Crippen molar-refractivity contribution in [3.05, 3.63) is 82.8 Å². The van der Waals surface area contributed by atoms with Crippen LogP contribution in [0.1, 0.15) is 35.5 Å². The zero-order valence-electron chi connectivity index (χ0n) is 16.2. The molecular weight excluding hydrogens is 372 g/mol. The van der Waals surface area contributed by atoms with E-state index in [9.17, 15) is 4.79 Å². The summed E-state index contributed by atoms with van der Waals surface area (Å²) in [6.45, 7) is 6.79. The van der Waals surface area contributed by atoms with Crippen LogP contribution in [0.5, 0.6) is 0 Å². The van der Waals surface area contributed by atoms with E-state index in [1.165, 1.54) is 11.8 Å². The summed E-state index contributed by atoms with van der Waals surface area (Å²) in [5.74, 6) is 0.415. The van der Waals surface area contributed by atoms with Crippen molar-refractivity contribution < 1.29 is 4.79 Å². The minimum atomic E-state index is -0.316. The summed E-state index contributed by atoms with van der Waals surface area (Å²) in [5.41, 5.74) is 2.93. The summed E-state index contributed by atoms with van der Waals surface area (Å²) in [6.07, 6.45) is 3.15. The first-order chi connectivity index (χ1) is 13.5. The molecule has 5 nitrogen and oxygen atoms in total. The van der Waals surface area contributed by atoms with Gasteiger partial charge >= 0.3 is 0 Å². The van der Waals surface area contributed by atoms with Crippen molar-refractivity contribution in [3.63, 3.8) is 0 Å². The van der Waals surface area contributed by atoms with Crippen LogP contribution in [0.2, 0.25) is 5.02 Å². The Kier molecular flexibility index (Phi) is 6.26. The second-order valence-electron chi connectivity index (χ2n) is 6.83. The van der Waals surface area contributed by atoms with E-state index < -0.39 is 0 Å². The summed E-state index contributed by atoms with van der Waals surface area (Å²) >= 11 is 6.11. The van der Waals surface area contributed by atoms with Gasteiger partial charge in [0, 0.05) is 23.3 Å². The van der Waals surface area contributed by atoms with Crippen LogP contribution < -0.4 is 10.2 Å². The second kappa shape index (κ2) is 8.85. The van der Waals surface area contributed by atoms with Crippen LogP contribution in [0.15, 0.2) is 60.9 Å². The molecule has 3 aromatic rings. The van der Waals surface area contributed by atoms with Gasteiger partial charge in [-0.2, -0.15) is 0 Å². The fourth-order valence-electron chi connectivity index (χ4n) is 2.82. The van der Waals surface area contributed by atoms with E-state index in [0.717, 1.165) is 17.9 Å². The van der Waals surface area contributed by atoms with Gasteiger partial charge in [-0.05, 0) is 44.0 Å². The lowest BCUT2D eigenvalue weighted by Crippen LogP contribution is -2.31. The van der Waals surface area contributed by atoms with Gasteiger partial charge in [-0.3, -0.25) is 4.79 Å². The molecule has 6 heteroatoms. The molecule has 3 rings (SSSR count). The van der Waals surface area contributed by atoms with E-state index in [1.807, 2.05) is 25.1 Å². The van der Waals surface area contributed by atoms with Crippen molar-refractivity contribution in [2.75, 3.05) is 10.2 Å². The van der Waals surface area contributed by atoms with Crippen LogP contribution in [0, 0.1) is 6.92 Å². The third-order valence-corrected chi connectivity index (χ3v) is 4.91. The number of halogens is 1. The topological polar surface area (TPSA) is 58.1 Å². The number of rotatable bonds is 6. The van der Waals surface area contributed by atoms with Gasteiger partial charge < -0.3 is 10.2 Å². The lowest BCUT2D eigenvalue weighted by Gasteiger charge is -2.27. The highest BCUT2D eigenvalue weighted by Crippen LogP contribution is 2.23. The highest BCUT2D eigenvalue weighted by molar-refractivity contribution is 6.31. The highest BCUT2D eigenvalue weighted by atomic mass is 35.5. The van der Waals surface area contributed by atoms with Gasteiger partial charge in [-0.25, -0.2) is 9.97 Å². The first kappa shape index (κ1) is 19.8. The Morgan fingerprint density at radius 1 is 1.07 bits per heavy atom. The minimum Gasteiger partial charge on any atom is -0.349 e. The third-order valence-electron chi connectivity index (χ3n) is 4.50. The molecule has 0 radical (unpaired) electrons. The molecule has 1 N–H and O–H groups in total. The molecule has 0 unspecified atom stereocenters. The van der Waals surface area contributed by atoms with Crippen LogP contribution in [-0.4, -0.2) is 21.9 Å². The van der Waals surface area contributed by atoms with Gasteiger partial charge in [0.05, 0.1) is 12.4 Å². The van der Waals surface area contributed by atoms with E-state index in [0.29, 0.717) is 10.7 Å². The smallest absolute Gasteiger partial charge is 0.275 e. The average molecular weight is 395 g/mol. The number of anilines is 2. The quantitative estimate of drug-likeness (QED) is 0.631. The molecule has 0 fully saturated rings. The monoisotopic (exact) mass is 394 g/mol. The molecule has 0 spiro atoms. The fourth-order valence-corrected chi connectivity index (χ4v) is 3.00. The molecule has 144 valence electrons. The van der Waals surface area contributed by atoms with Crippen molar-refractivity contribution in [1.29, 1.82) is 0 Å². The molecule has 0 aliphatic carbocycles. The summed E-state index contributed by atoms with van der Waals surface area (Å²) in [4.78, 5) is 23.5. The van der Waals surface area contributed by atoms with Crippen molar-refractivity contribution in [3.8, 4) is 0 Å². The number of amides is 1. The Labute approximate surface area is 170 Å². The van der Waals surface area contributed by atoms with Crippen molar-refractivity contribution in [2.45, 2.75) is 33.4 Å².